The van der Waals surface area contributed by atoms with Gasteiger partial charge >= 0.3 is 6.61 Å². The highest BCUT2D eigenvalue weighted by molar-refractivity contribution is 7.09. The normalized spacial score (nSPS) is 10.3. The maximum atomic E-state index is 12.0. The van der Waals surface area contributed by atoms with Crippen LogP contribution in [0, 0.1) is 0 Å². The number of benzene rings is 1. The fourth-order valence-corrected chi connectivity index (χ4v) is 2.30. The molecule has 0 aliphatic rings. The van der Waals surface area contributed by atoms with Crippen molar-refractivity contribution in [3.05, 3.63) is 34.7 Å². The Morgan fingerprint density at radius 3 is 2.58 bits per heavy atom. The van der Waals surface area contributed by atoms with E-state index in [0.717, 1.165) is 22.8 Å². The average molecular weight is 307 g/mol. The van der Waals surface area contributed by atoms with Crippen LogP contribution in [-0.4, -0.2) is 18.6 Å². The third-order valence-corrected chi connectivity index (χ3v) is 3.10. The van der Waals surface area contributed by atoms with Gasteiger partial charge in [0.25, 0.3) is 0 Å². The van der Waals surface area contributed by atoms with Crippen LogP contribution in [0.1, 0.15) is 5.01 Å². The van der Waals surface area contributed by atoms with Gasteiger partial charge in [0, 0.05) is 17.5 Å². The number of ether oxygens (including phenoxy) is 1. The molecule has 0 atom stereocenters. The Hall–Kier alpha value is -1.24. The van der Waals surface area contributed by atoms with Crippen LogP contribution in [-0.2, 0) is 6.54 Å². The predicted molar refractivity (Wildman–Crippen MR) is 74.2 cm³/mol. The van der Waals surface area contributed by atoms with Gasteiger partial charge in [0.05, 0.1) is 5.69 Å². The fraction of sp³-hybridized carbons (Fsp3) is 0.250. The lowest BCUT2D eigenvalue weighted by atomic mass is 10.2. The van der Waals surface area contributed by atoms with Gasteiger partial charge in [-0.15, -0.1) is 23.7 Å². The van der Waals surface area contributed by atoms with Crippen LogP contribution in [0.3, 0.4) is 0 Å². The summed E-state index contributed by atoms with van der Waals surface area (Å²) in [5, 5.41) is 5.95. The van der Waals surface area contributed by atoms with Crippen molar-refractivity contribution in [2.45, 2.75) is 13.2 Å². The summed E-state index contributed by atoms with van der Waals surface area (Å²) in [4.78, 5) is 4.43. The van der Waals surface area contributed by atoms with E-state index in [9.17, 15) is 8.78 Å². The maximum absolute atomic E-state index is 12.0. The molecule has 3 nitrogen and oxygen atoms in total. The number of nitrogens with zero attached hydrogens (tertiary/aromatic N) is 1. The molecule has 0 aliphatic carbocycles. The van der Waals surface area contributed by atoms with E-state index in [4.69, 9.17) is 0 Å². The largest absolute Gasteiger partial charge is 0.435 e. The lowest BCUT2D eigenvalue weighted by Crippen LogP contribution is -2.04. The van der Waals surface area contributed by atoms with Gasteiger partial charge in [-0.3, -0.25) is 0 Å². The van der Waals surface area contributed by atoms with Gasteiger partial charge in [-0.25, -0.2) is 4.98 Å². The third kappa shape index (κ3) is 4.41. The lowest BCUT2D eigenvalue weighted by Gasteiger charge is -2.04. The van der Waals surface area contributed by atoms with Gasteiger partial charge < -0.3 is 10.1 Å². The molecule has 19 heavy (non-hydrogen) atoms. The van der Waals surface area contributed by atoms with Gasteiger partial charge in [0.2, 0.25) is 0 Å². The van der Waals surface area contributed by atoms with E-state index in [1.165, 1.54) is 12.1 Å². The highest BCUT2D eigenvalue weighted by atomic mass is 35.5. The molecule has 2 aromatic rings. The Balaban J connectivity index is 0.00000180. The zero-order valence-corrected chi connectivity index (χ0v) is 11.7. The quantitative estimate of drug-likeness (QED) is 0.917. The molecular weight excluding hydrogens is 294 g/mol. The van der Waals surface area contributed by atoms with E-state index in [0.29, 0.717) is 0 Å². The fourth-order valence-electron chi connectivity index (χ4n) is 1.48. The molecular formula is C12H13ClF2N2OS. The Morgan fingerprint density at radius 2 is 2.00 bits per heavy atom. The molecule has 0 amide bonds. The van der Waals surface area contributed by atoms with Crippen molar-refractivity contribution >= 4 is 23.7 Å². The maximum Gasteiger partial charge on any atom is 0.387 e. The van der Waals surface area contributed by atoms with Crippen molar-refractivity contribution in [3.63, 3.8) is 0 Å². The van der Waals surface area contributed by atoms with Crippen LogP contribution in [0.25, 0.3) is 11.3 Å². The van der Waals surface area contributed by atoms with Crippen LogP contribution < -0.4 is 10.1 Å². The molecule has 0 saturated carbocycles. The van der Waals surface area contributed by atoms with E-state index < -0.39 is 6.61 Å². The molecule has 0 spiro atoms. The zero-order chi connectivity index (χ0) is 13.0. The van der Waals surface area contributed by atoms with E-state index in [-0.39, 0.29) is 18.2 Å². The second-order valence-electron chi connectivity index (χ2n) is 3.56. The first-order valence-corrected chi connectivity index (χ1v) is 6.21. The predicted octanol–water partition coefficient (Wildman–Crippen LogP) is 3.55. The summed E-state index contributed by atoms with van der Waals surface area (Å²) in [5.74, 6) is 0.152. The van der Waals surface area contributed by atoms with E-state index in [1.807, 2.05) is 12.4 Å². The molecule has 0 unspecified atom stereocenters. The van der Waals surface area contributed by atoms with Crippen molar-refractivity contribution in [2.24, 2.45) is 0 Å². The second kappa shape index (κ2) is 7.37. The first-order valence-electron chi connectivity index (χ1n) is 5.33. The summed E-state index contributed by atoms with van der Waals surface area (Å²) in [6, 6.07) is 6.46. The lowest BCUT2D eigenvalue weighted by molar-refractivity contribution is -0.0498. The highest BCUT2D eigenvalue weighted by Gasteiger charge is 2.06. The monoisotopic (exact) mass is 306 g/mol. The molecule has 7 heteroatoms. The number of thiazole rings is 1. The summed E-state index contributed by atoms with van der Waals surface area (Å²) < 4.78 is 28.3. The summed E-state index contributed by atoms with van der Waals surface area (Å²) in [5.41, 5.74) is 1.73. The number of nitrogens with one attached hydrogen (secondary N) is 1. The SMILES string of the molecule is CNCc1nc(-c2ccc(OC(F)F)cc2)cs1.Cl. The first kappa shape index (κ1) is 15.8. The van der Waals surface area contributed by atoms with Gasteiger partial charge in [0.15, 0.2) is 0 Å². The van der Waals surface area contributed by atoms with Gasteiger partial charge in [-0.2, -0.15) is 8.78 Å². The van der Waals surface area contributed by atoms with Crippen LogP contribution in [0.4, 0.5) is 8.78 Å². The number of alkyl halides is 2. The van der Waals surface area contributed by atoms with E-state index in [2.05, 4.69) is 15.0 Å². The molecule has 104 valence electrons. The summed E-state index contributed by atoms with van der Waals surface area (Å²) in [6.45, 7) is -2.07. The molecule has 1 heterocycles. The van der Waals surface area contributed by atoms with Crippen LogP contribution >= 0.6 is 23.7 Å². The molecule has 0 bridgehead atoms. The number of aromatic nitrogens is 1. The number of hydrogen-bond acceptors (Lipinski definition) is 4. The van der Waals surface area contributed by atoms with Crippen LogP contribution in [0.2, 0.25) is 0 Å². The Morgan fingerprint density at radius 1 is 1.32 bits per heavy atom. The van der Waals surface area contributed by atoms with Crippen LogP contribution in [0.5, 0.6) is 5.75 Å². The molecule has 0 fully saturated rings. The number of hydrogen-bond donors (Lipinski definition) is 1. The minimum atomic E-state index is -2.79. The van der Waals surface area contributed by atoms with Crippen molar-refractivity contribution in [3.8, 4) is 17.0 Å². The Kier molecular flexibility index (Phi) is 6.14. The van der Waals surface area contributed by atoms with Crippen molar-refractivity contribution in [2.75, 3.05) is 7.05 Å². The Bertz CT molecular complexity index is 505. The smallest absolute Gasteiger partial charge is 0.387 e. The van der Waals surface area contributed by atoms with Crippen molar-refractivity contribution in [1.29, 1.82) is 0 Å². The summed E-state index contributed by atoms with van der Waals surface area (Å²) in [6.07, 6.45) is 0. The van der Waals surface area contributed by atoms with Crippen LogP contribution in [0.15, 0.2) is 29.6 Å². The van der Waals surface area contributed by atoms with Gasteiger partial charge in [-0.1, -0.05) is 0 Å². The molecule has 0 saturated heterocycles. The topological polar surface area (TPSA) is 34.2 Å². The van der Waals surface area contributed by atoms with E-state index >= 15 is 0 Å². The molecule has 0 aliphatic heterocycles. The molecule has 1 aromatic heterocycles. The van der Waals surface area contributed by atoms with Crippen molar-refractivity contribution < 1.29 is 13.5 Å². The van der Waals surface area contributed by atoms with Crippen molar-refractivity contribution in [1.82, 2.24) is 10.3 Å². The third-order valence-electron chi connectivity index (χ3n) is 2.26. The number of rotatable bonds is 5. The first-order chi connectivity index (χ1) is 8.69. The van der Waals surface area contributed by atoms with E-state index in [1.54, 1.807) is 23.5 Å². The molecule has 2 rings (SSSR count). The standard InChI is InChI=1S/C12H12F2N2OS.ClH/c1-15-6-11-16-10(7-18-11)8-2-4-9(5-3-8)17-12(13)14;/h2-5,7,12,15H,6H2,1H3;1H. The zero-order valence-electron chi connectivity index (χ0n) is 10.1. The van der Waals surface area contributed by atoms with Gasteiger partial charge in [0.1, 0.15) is 10.8 Å². The minimum Gasteiger partial charge on any atom is -0.435 e. The number of halogens is 3. The molecule has 1 aromatic carbocycles. The second-order valence-corrected chi connectivity index (χ2v) is 4.50. The highest BCUT2D eigenvalue weighted by Crippen LogP contribution is 2.24. The summed E-state index contributed by atoms with van der Waals surface area (Å²) in [7, 11) is 1.86. The molecule has 1 N–H and O–H groups in total. The summed E-state index contributed by atoms with van der Waals surface area (Å²) >= 11 is 1.56. The Labute approximate surface area is 120 Å². The molecule has 0 radical (unpaired) electrons. The van der Waals surface area contributed by atoms with Gasteiger partial charge in [-0.05, 0) is 31.3 Å². The average Bonchev–Trinajstić information content (AvgIpc) is 2.78. The minimum absolute atomic E-state index is 0.